The summed E-state index contributed by atoms with van der Waals surface area (Å²) in [6.45, 7) is 1.47. The van der Waals surface area contributed by atoms with E-state index in [0.29, 0.717) is 23.7 Å². The lowest BCUT2D eigenvalue weighted by molar-refractivity contribution is 0.415. The molecule has 0 saturated heterocycles. The second kappa shape index (κ2) is 9.46. The minimum Gasteiger partial charge on any atom is -0.497 e. The summed E-state index contributed by atoms with van der Waals surface area (Å²) in [6, 6.07) is 7.48. The van der Waals surface area contributed by atoms with Gasteiger partial charge in [0.2, 0.25) is 0 Å². The van der Waals surface area contributed by atoms with E-state index in [1.54, 1.807) is 13.3 Å². The number of halogens is 2. The van der Waals surface area contributed by atoms with Crippen molar-refractivity contribution < 1.29 is 4.74 Å². The number of H-pyrrole nitrogens is 1. The summed E-state index contributed by atoms with van der Waals surface area (Å²) in [6.07, 6.45) is 5.52. The number of fused-ring (bicyclic) bond motifs is 1. The SMILES string of the molecule is COc1ccc2cc(-c3nccn3CCCCN)c(=O)[nH]c2c1.Cl.Cl. The van der Waals surface area contributed by atoms with E-state index in [2.05, 4.69) is 9.97 Å². The van der Waals surface area contributed by atoms with Gasteiger partial charge in [0.25, 0.3) is 5.56 Å². The molecule has 2 heterocycles. The van der Waals surface area contributed by atoms with Crippen LogP contribution in [0.25, 0.3) is 22.3 Å². The third-order valence-corrected chi connectivity index (χ3v) is 3.86. The van der Waals surface area contributed by atoms with Crippen LogP contribution < -0.4 is 16.0 Å². The highest BCUT2D eigenvalue weighted by Gasteiger charge is 2.11. The number of nitrogens with zero attached hydrogens (tertiary/aromatic N) is 2. The van der Waals surface area contributed by atoms with Gasteiger partial charge in [0.1, 0.15) is 11.6 Å². The lowest BCUT2D eigenvalue weighted by Gasteiger charge is -2.08. The zero-order chi connectivity index (χ0) is 16.2. The molecule has 25 heavy (non-hydrogen) atoms. The molecule has 3 aromatic rings. The van der Waals surface area contributed by atoms with Crippen LogP contribution in [0, 0.1) is 0 Å². The number of hydrogen-bond acceptors (Lipinski definition) is 4. The van der Waals surface area contributed by atoms with Crippen molar-refractivity contribution in [1.82, 2.24) is 14.5 Å². The van der Waals surface area contributed by atoms with Gasteiger partial charge in [0.15, 0.2) is 0 Å². The number of imidazole rings is 1. The first-order chi connectivity index (χ1) is 11.2. The summed E-state index contributed by atoms with van der Waals surface area (Å²) in [5, 5.41) is 0.942. The van der Waals surface area contributed by atoms with E-state index in [1.165, 1.54) is 0 Å². The Labute approximate surface area is 158 Å². The molecule has 0 aliphatic rings. The van der Waals surface area contributed by atoms with Gasteiger partial charge in [-0.25, -0.2) is 4.98 Å². The van der Waals surface area contributed by atoms with Gasteiger partial charge < -0.3 is 20.0 Å². The maximum atomic E-state index is 12.4. The van der Waals surface area contributed by atoms with Crippen LogP contribution in [0.2, 0.25) is 0 Å². The van der Waals surface area contributed by atoms with E-state index >= 15 is 0 Å². The molecule has 0 saturated carbocycles. The monoisotopic (exact) mass is 384 g/mol. The van der Waals surface area contributed by atoms with Crippen LogP contribution in [0.1, 0.15) is 12.8 Å². The maximum Gasteiger partial charge on any atom is 0.259 e. The van der Waals surface area contributed by atoms with Crippen molar-refractivity contribution in [2.24, 2.45) is 5.73 Å². The van der Waals surface area contributed by atoms with Crippen molar-refractivity contribution in [2.45, 2.75) is 19.4 Å². The summed E-state index contributed by atoms with van der Waals surface area (Å²) >= 11 is 0. The standard InChI is InChI=1S/C17H20N4O2.2ClH/c1-23-13-5-4-12-10-14(17(22)20-15(12)11-13)16-19-7-9-21(16)8-3-2-6-18;;/h4-5,7,9-11H,2-3,6,8,18H2,1H3,(H,20,22);2*1H. The van der Waals surface area contributed by atoms with E-state index < -0.39 is 0 Å². The Hall–Kier alpha value is -2.02. The van der Waals surface area contributed by atoms with Gasteiger partial charge in [-0.2, -0.15) is 0 Å². The van der Waals surface area contributed by atoms with Crippen molar-refractivity contribution in [2.75, 3.05) is 13.7 Å². The number of nitrogens with two attached hydrogens (primary N) is 1. The number of pyridine rings is 1. The topological polar surface area (TPSA) is 85.9 Å². The summed E-state index contributed by atoms with van der Waals surface area (Å²) in [7, 11) is 1.60. The van der Waals surface area contributed by atoms with Crippen LogP contribution >= 0.6 is 24.8 Å². The molecule has 0 aliphatic carbocycles. The number of nitrogens with one attached hydrogen (secondary N) is 1. The van der Waals surface area contributed by atoms with E-state index in [-0.39, 0.29) is 30.4 Å². The molecule has 0 radical (unpaired) electrons. The van der Waals surface area contributed by atoms with E-state index in [9.17, 15) is 4.79 Å². The Kier molecular flexibility index (Phi) is 7.96. The Morgan fingerprint density at radius 1 is 1.24 bits per heavy atom. The Balaban J connectivity index is 0.00000156. The number of unbranched alkanes of at least 4 members (excludes halogenated alkanes) is 1. The lowest BCUT2D eigenvalue weighted by atomic mass is 10.1. The molecule has 0 spiro atoms. The first-order valence-corrected chi connectivity index (χ1v) is 7.65. The fraction of sp³-hybridized carbons (Fsp3) is 0.294. The minimum absolute atomic E-state index is 0. The highest BCUT2D eigenvalue weighted by Crippen LogP contribution is 2.22. The molecule has 0 unspecified atom stereocenters. The minimum atomic E-state index is -0.156. The first-order valence-electron chi connectivity index (χ1n) is 7.65. The van der Waals surface area contributed by atoms with Crippen LogP contribution in [0.3, 0.4) is 0 Å². The smallest absolute Gasteiger partial charge is 0.259 e. The molecule has 1 aromatic carbocycles. The Morgan fingerprint density at radius 3 is 2.76 bits per heavy atom. The first kappa shape index (κ1) is 21.0. The van der Waals surface area contributed by atoms with Crippen LogP contribution in [-0.4, -0.2) is 28.2 Å². The summed E-state index contributed by atoms with van der Waals surface area (Å²) in [5.41, 5.74) is 6.70. The van der Waals surface area contributed by atoms with E-state index in [1.807, 2.05) is 35.0 Å². The molecular weight excluding hydrogens is 363 g/mol. The molecule has 3 rings (SSSR count). The van der Waals surface area contributed by atoms with E-state index in [4.69, 9.17) is 10.5 Å². The fourth-order valence-electron chi connectivity index (χ4n) is 2.63. The van der Waals surface area contributed by atoms with E-state index in [0.717, 1.165) is 30.3 Å². The van der Waals surface area contributed by atoms with Crippen LogP contribution in [0.5, 0.6) is 5.75 Å². The number of hydrogen-bond donors (Lipinski definition) is 2. The van der Waals surface area contributed by atoms with Crippen LogP contribution in [0.4, 0.5) is 0 Å². The van der Waals surface area contributed by atoms with Gasteiger partial charge in [0.05, 0.1) is 18.2 Å². The summed E-state index contributed by atoms with van der Waals surface area (Å²) in [4.78, 5) is 19.7. The molecule has 0 atom stereocenters. The molecular formula is C17H22Cl2N4O2. The molecule has 0 amide bonds. The maximum absolute atomic E-state index is 12.4. The molecule has 6 nitrogen and oxygen atoms in total. The third kappa shape index (κ3) is 4.54. The number of rotatable bonds is 6. The zero-order valence-electron chi connectivity index (χ0n) is 13.9. The number of ether oxygens (including phenoxy) is 1. The second-order valence-electron chi connectivity index (χ2n) is 5.41. The van der Waals surface area contributed by atoms with Gasteiger partial charge in [0, 0.05) is 25.0 Å². The molecule has 136 valence electrons. The molecule has 0 fully saturated rings. The molecule has 3 N–H and O–H groups in total. The highest BCUT2D eigenvalue weighted by molar-refractivity contribution is 5.85. The summed E-state index contributed by atoms with van der Waals surface area (Å²) in [5.74, 6) is 1.39. The van der Waals surface area contributed by atoms with Crippen molar-refractivity contribution in [3.63, 3.8) is 0 Å². The zero-order valence-corrected chi connectivity index (χ0v) is 15.5. The third-order valence-electron chi connectivity index (χ3n) is 3.86. The lowest BCUT2D eigenvalue weighted by Crippen LogP contribution is -2.12. The average Bonchev–Trinajstić information content (AvgIpc) is 3.02. The molecule has 2 aromatic heterocycles. The number of aromatic nitrogens is 3. The molecule has 8 heteroatoms. The van der Waals surface area contributed by atoms with Gasteiger partial charge in [-0.15, -0.1) is 24.8 Å². The van der Waals surface area contributed by atoms with Gasteiger partial charge in [-0.1, -0.05) is 0 Å². The predicted molar refractivity (Wildman–Crippen MR) is 105 cm³/mol. The van der Waals surface area contributed by atoms with Crippen LogP contribution in [0.15, 0.2) is 41.5 Å². The quantitative estimate of drug-likeness (QED) is 0.639. The van der Waals surface area contributed by atoms with Gasteiger partial charge in [-0.3, -0.25) is 4.79 Å². The molecule has 0 aliphatic heterocycles. The highest BCUT2D eigenvalue weighted by atomic mass is 35.5. The van der Waals surface area contributed by atoms with Gasteiger partial charge in [-0.05, 0) is 43.0 Å². The summed E-state index contributed by atoms with van der Waals surface area (Å²) < 4.78 is 7.19. The number of aryl methyl sites for hydroxylation is 1. The Bertz CT molecular complexity index is 876. The predicted octanol–water partition coefficient (Wildman–Crippen LogP) is 2.98. The Morgan fingerprint density at radius 2 is 2.04 bits per heavy atom. The number of methoxy groups -OCH3 is 1. The van der Waals surface area contributed by atoms with Crippen LogP contribution in [-0.2, 0) is 6.54 Å². The average molecular weight is 385 g/mol. The normalized spacial score (nSPS) is 10.2. The molecule has 0 bridgehead atoms. The van der Waals surface area contributed by atoms with Crippen molar-refractivity contribution >= 4 is 35.7 Å². The largest absolute Gasteiger partial charge is 0.497 e. The van der Waals surface area contributed by atoms with Crippen molar-refractivity contribution in [3.8, 4) is 17.1 Å². The van der Waals surface area contributed by atoms with Crippen molar-refractivity contribution in [3.05, 3.63) is 47.0 Å². The number of benzene rings is 1. The number of aromatic amines is 1. The van der Waals surface area contributed by atoms with Crippen molar-refractivity contribution in [1.29, 1.82) is 0 Å². The second-order valence-corrected chi connectivity index (χ2v) is 5.41. The fourth-order valence-corrected chi connectivity index (χ4v) is 2.63. The van der Waals surface area contributed by atoms with Gasteiger partial charge >= 0.3 is 0 Å².